The van der Waals surface area contributed by atoms with E-state index in [0.29, 0.717) is 0 Å². The number of hydrogen-bond acceptors (Lipinski definition) is 5. The number of carbonyl (C=O) groups is 2. The number of aldehydes is 1. The van der Waals surface area contributed by atoms with Crippen LogP contribution in [0.3, 0.4) is 0 Å². The first-order chi connectivity index (χ1) is 4.63. The number of aliphatic hydroxyl groups is 2. The molecule has 0 rings (SSSR count). The van der Waals surface area contributed by atoms with Crippen LogP contribution >= 0.6 is 0 Å². The molecule has 0 radical (unpaired) electrons. The Morgan fingerprint density at radius 1 is 1.60 bits per heavy atom. The van der Waals surface area contributed by atoms with Crippen molar-refractivity contribution in [2.24, 2.45) is 0 Å². The number of hydrogen-bond donors (Lipinski definition) is 2. The Morgan fingerprint density at radius 3 is 2.40 bits per heavy atom. The summed E-state index contributed by atoms with van der Waals surface area (Å²) in [5.74, 6) is -1.03. The van der Waals surface area contributed by atoms with E-state index in [1.54, 1.807) is 0 Å². The molecular formula is C5H8O5. The molecule has 0 heterocycles. The van der Waals surface area contributed by atoms with Gasteiger partial charge in [-0.15, -0.1) is 0 Å². The van der Waals surface area contributed by atoms with E-state index in [-0.39, 0.29) is 6.29 Å². The maximum Gasteiger partial charge on any atom is 0.337 e. The number of ether oxygens (including phenoxy) is 1. The largest absolute Gasteiger partial charge is 0.467 e. The lowest BCUT2D eigenvalue weighted by atomic mass is 10.2. The Morgan fingerprint density at radius 2 is 2.10 bits per heavy atom. The van der Waals surface area contributed by atoms with Gasteiger partial charge in [-0.1, -0.05) is 0 Å². The third kappa shape index (κ3) is 2.12. The number of carbonyl (C=O) groups excluding carboxylic acids is 2. The Bertz CT molecular complexity index is 132. The molecule has 2 N–H and O–H groups in total. The van der Waals surface area contributed by atoms with E-state index in [4.69, 9.17) is 10.2 Å². The van der Waals surface area contributed by atoms with Crippen molar-refractivity contribution >= 4 is 12.3 Å². The van der Waals surface area contributed by atoms with E-state index >= 15 is 0 Å². The molecule has 0 aliphatic rings. The summed E-state index contributed by atoms with van der Waals surface area (Å²) in [4.78, 5) is 20.1. The predicted molar refractivity (Wildman–Crippen MR) is 30.1 cm³/mol. The average Bonchev–Trinajstić information content (AvgIpc) is 2.00. The maximum absolute atomic E-state index is 10.3. The van der Waals surface area contributed by atoms with Gasteiger partial charge in [0.2, 0.25) is 0 Å². The van der Waals surface area contributed by atoms with Gasteiger partial charge >= 0.3 is 5.97 Å². The van der Waals surface area contributed by atoms with Crippen molar-refractivity contribution < 1.29 is 24.5 Å². The zero-order chi connectivity index (χ0) is 8.15. The van der Waals surface area contributed by atoms with E-state index in [1.807, 2.05) is 0 Å². The van der Waals surface area contributed by atoms with Crippen LogP contribution in [0.1, 0.15) is 0 Å². The first-order valence-corrected chi connectivity index (χ1v) is 2.52. The van der Waals surface area contributed by atoms with Gasteiger partial charge < -0.3 is 19.7 Å². The minimum absolute atomic E-state index is 0.0571. The molecule has 0 amide bonds. The van der Waals surface area contributed by atoms with Gasteiger partial charge in [-0.05, 0) is 0 Å². The lowest BCUT2D eigenvalue weighted by Crippen LogP contribution is -2.35. The molecule has 0 aromatic heterocycles. The van der Waals surface area contributed by atoms with Gasteiger partial charge in [-0.3, -0.25) is 0 Å². The zero-order valence-corrected chi connectivity index (χ0v) is 5.35. The Labute approximate surface area is 57.2 Å². The van der Waals surface area contributed by atoms with Crippen LogP contribution in [-0.2, 0) is 14.3 Å². The van der Waals surface area contributed by atoms with Gasteiger partial charge in [0, 0.05) is 0 Å². The van der Waals surface area contributed by atoms with Crippen LogP contribution in [0.5, 0.6) is 0 Å². The second-order valence-electron chi connectivity index (χ2n) is 1.59. The number of aliphatic hydroxyl groups excluding tert-OH is 2. The third-order valence-corrected chi connectivity index (χ3v) is 0.906. The Hall–Kier alpha value is -0.940. The van der Waals surface area contributed by atoms with Crippen molar-refractivity contribution in [2.75, 3.05) is 7.11 Å². The number of methoxy groups -OCH3 is 1. The molecule has 0 aliphatic carbocycles. The standard InChI is InChI=1S/C5H8O5/c1-10-5(9)4(8)3(7)2-6/h2-4,7-8H,1H3/t3-,4+/m1/s1. The van der Waals surface area contributed by atoms with E-state index in [9.17, 15) is 9.59 Å². The van der Waals surface area contributed by atoms with Crippen molar-refractivity contribution in [2.45, 2.75) is 12.2 Å². The fourth-order valence-corrected chi connectivity index (χ4v) is 0.335. The first kappa shape index (κ1) is 9.06. The van der Waals surface area contributed by atoms with E-state index in [1.165, 1.54) is 0 Å². The third-order valence-electron chi connectivity index (χ3n) is 0.906. The molecule has 0 bridgehead atoms. The molecule has 58 valence electrons. The molecule has 0 fully saturated rings. The highest BCUT2D eigenvalue weighted by atomic mass is 16.5. The van der Waals surface area contributed by atoms with Crippen LogP contribution in [0, 0.1) is 0 Å². The SMILES string of the molecule is COC(=O)[C@@H](O)[C@H](O)C=O. The predicted octanol–water partition coefficient (Wildman–Crippen LogP) is -1.92. The number of rotatable bonds is 3. The van der Waals surface area contributed by atoms with Gasteiger partial charge in [0.05, 0.1) is 7.11 Å². The fraction of sp³-hybridized carbons (Fsp3) is 0.600. The monoisotopic (exact) mass is 148 g/mol. The van der Waals surface area contributed by atoms with E-state index in [2.05, 4.69) is 4.74 Å². The van der Waals surface area contributed by atoms with E-state index < -0.39 is 18.2 Å². The quantitative estimate of drug-likeness (QED) is 0.360. The van der Waals surface area contributed by atoms with Crippen LogP contribution in [0.4, 0.5) is 0 Å². The topological polar surface area (TPSA) is 83.8 Å². The highest BCUT2D eigenvalue weighted by Crippen LogP contribution is 1.91. The summed E-state index contributed by atoms with van der Waals surface area (Å²) in [6.07, 6.45) is -3.42. The summed E-state index contributed by atoms with van der Waals surface area (Å²) in [7, 11) is 1.04. The summed E-state index contributed by atoms with van der Waals surface area (Å²) in [5.41, 5.74) is 0. The molecular weight excluding hydrogens is 140 g/mol. The summed E-state index contributed by atoms with van der Waals surface area (Å²) in [6, 6.07) is 0. The summed E-state index contributed by atoms with van der Waals surface area (Å²) >= 11 is 0. The summed E-state index contributed by atoms with van der Waals surface area (Å²) in [5, 5.41) is 17.1. The molecule has 0 aromatic rings. The van der Waals surface area contributed by atoms with Crippen molar-refractivity contribution in [1.82, 2.24) is 0 Å². The van der Waals surface area contributed by atoms with Gasteiger partial charge in [0.1, 0.15) is 6.10 Å². The molecule has 0 saturated heterocycles. The molecule has 5 heteroatoms. The molecule has 0 unspecified atom stereocenters. The van der Waals surface area contributed by atoms with Crippen molar-refractivity contribution in [1.29, 1.82) is 0 Å². The minimum Gasteiger partial charge on any atom is -0.467 e. The van der Waals surface area contributed by atoms with E-state index in [0.717, 1.165) is 7.11 Å². The molecule has 0 saturated carbocycles. The highest BCUT2D eigenvalue weighted by Gasteiger charge is 2.23. The van der Waals surface area contributed by atoms with Crippen LogP contribution < -0.4 is 0 Å². The van der Waals surface area contributed by atoms with Crippen LogP contribution in [0.15, 0.2) is 0 Å². The molecule has 5 nitrogen and oxygen atoms in total. The van der Waals surface area contributed by atoms with Gasteiger partial charge in [-0.25, -0.2) is 4.79 Å². The van der Waals surface area contributed by atoms with Gasteiger partial charge in [0.25, 0.3) is 0 Å². The summed E-state index contributed by atoms with van der Waals surface area (Å²) in [6.45, 7) is 0. The highest BCUT2D eigenvalue weighted by molar-refractivity contribution is 5.79. The smallest absolute Gasteiger partial charge is 0.337 e. The number of esters is 1. The summed E-state index contributed by atoms with van der Waals surface area (Å²) < 4.78 is 4.03. The Balaban J connectivity index is 3.93. The average molecular weight is 148 g/mol. The maximum atomic E-state index is 10.3. The van der Waals surface area contributed by atoms with Crippen LogP contribution in [-0.4, -0.2) is 41.8 Å². The fourth-order valence-electron chi connectivity index (χ4n) is 0.335. The van der Waals surface area contributed by atoms with Gasteiger partial charge in [0.15, 0.2) is 12.4 Å². The lowest BCUT2D eigenvalue weighted by molar-refractivity contribution is -0.158. The second kappa shape index (κ2) is 3.97. The normalized spacial score (nSPS) is 15.5. The van der Waals surface area contributed by atoms with Crippen molar-refractivity contribution in [3.05, 3.63) is 0 Å². The first-order valence-electron chi connectivity index (χ1n) is 2.52. The molecule has 0 aromatic carbocycles. The van der Waals surface area contributed by atoms with Crippen LogP contribution in [0.25, 0.3) is 0 Å². The van der Waals surface area contributed by atoms with Crippen molar-refractivity contribution in [3.63, 3.8) is 0 Å². The van der Waals surface area contributed by atoms with Crippen molar-refractivity contribution in [3.8, 4) is 0 Å². The Kier molecular flexibility index (Phi) is 3.60. The minimum atomic E-state index is -1.78. The zero-order valence-electron chi connectivity index (χ0n) is 5.35. The second-order valence-corrected chi connectivity index (χ2v) is 1.59. The van der Waals surface area contributed by atoms with Gasteiger partial charge in [-0.2, -0.15) is 0 Å². The van der Waals surface area contributed by atoms with Crippen LogP contribution in [0.2, 0.25) is 0 Å². The molecule has 10 heavy (non-hydrogen) atoms. The lowest BCUT2D eigenvalue weighted by Gasteiger charge is -2.08. The molecule has 2 atom stereocenters. The molecule has 0 spiro atoms. The molecule has 0 aliphatic heterocycles.